The van der Waals surface area contributed by atoms with E-state index in [1.807, 2.05) is 0 Å². The number of nitrogens with zero attached hydrogens (tertiary/aromatic N) is 1. The van der Waals surface area contributed by atoms with Crippen LogP contribution in [0.2, 0.25) is 5.02 Å². The molecule has 0 heterocycles. The summed E-state index contributed by atoms with van der Waals surface area (Å²) in [6.07, 6.45) is 4.22. The van der Waals surface area contributed by atoms with Gasteiger partial charge in [0.15, 0.2) is 0 Å². The zero-order valence-electron chi connectivity index (χ0n) is 12.6. The average molecular weight is 343 g/mol. The minimum absolute atomic E-state index is 0.0855. The Labute approximate surface area is 138 Å². The van der Waals surface area contributed by atoms with E-state index in [1.54, 1.807) is 0 Å². The lowest BCUT2D eigenvalue weighted by Crippen LogP contribution is -2.24. The maximum Gasteiger partial charge on any atom is 0.303 e. The number of nitro groups is 1. The predicted molar refractivity (Wildman–Crippen MR) is 85.8 cm³/mol. The summed E-state index contributed by atoms with van der Waals surface area (Å²) in [6, 6.07) is 3.73. The van der Waals surface area contributed by atoms with Gasteiger partial charge in [-0.25, -0.2) is 0 Å². The average Bonchev–Trinajstić information content (AvgIpc) is 2.49. The molecule has 1 amide bonds. The van der Waals surface area contributed by atoms with Crippen molar-refractivity contribution in [1.29, 1.82) is 0 Å². The van der Waals surface area contributed by atoms with Gasteiger partial charge in [0.2, 0.25) is 0 Å². The van der Waals surface area contributed by atoms with Gasteiger partial charge in [-0.05, 0) is 18.9 Å². The van der Waals surface area contributed by atoms with E-state index in [1.165, 1.54) is 12.1 Å². The van der Waals surface area contributed by atoms with Gasteiger partial charge >= 0.3 is 5.97 Å². The molecule has 7 nitrogen and oxygen atoms in total. The molecule has 0 saturated heterocycles. The van der Waals surface area contributed by atoms with Gasteiger partial charge in [0.1, 0.15) is 0 Å². The van der Waals surface area contributed by atoms with E-state index in [4.69, 9.17) is 16.7 Å². The lowest BCUT2D eigenvalue weighted by Gasteiger charge is -2.06. The lowest BCUT2D eigenvalue weighted by atomic mass is 10.1. The highest BCUT2D eigenvalue weighted by Crippen LogP contribution is 2.21. The number of unbranched alkanes of at least 4 members (excludes halogenated alkanes) is 4. The van der Waals surface area contributed by atoms with Gasteiger partial charge in [0.05, 0.1) is 15.5 Å². The van der Waals surface area contributed by atoms with Gasteiger partial charge in [-0.3, -0.25) is 19.7 Å². The third kappa shape index (κ3) is 7.10. The molecule has 0 spiro atoms. The number of hydrogen-bond acceptors (Lipinski definition) is 4. The zero-order valence-corrected chi connectivity index (χ0v) is 13.3. The van der Waals surface area contributed by atoms with Crippen molar-refractivity contribution in [2.24, 2.45) is 0 Å². The monoisotopic (exact) mass is 342 g/mol. The number of nitro benzene ring substituents is 1. The van der Waals surface area contributed by atoms with Crippen molar-refractivity contribution < 1.29 is 19.6 Å². The fraction of sp³-hybridized carbons (Fsp3) is 0.467. The topological polar surface area (TPSA) is 110 Å². The summed E-state index contributed by atoms with van der Waals surface area (Å²) in [5.41, 5.74) is -0.0969. The number of carboxylic acids is 1. The number of hydrogen-bond donors (Lipinski definition) is 2. The van der Waals surface area contributed by atoms with Crippen molar-refractivity contribution in [2.75, 3.05) is 6.54 Å². The van der Waals surface area contributed by atoms with E-state index >= 15 is 0 Å². The molecular formula is C15H19ClN2O5. The molecule has 1 rings (SSSR count). The summed E-state index contributed by atoms with van der Waals surface area (Å²) in [6.45, 7) is 0.441. The van der Waals surface area contributed by atoms with Crippen molar-refractivity contribution in [2.45, 2.75) is 38.5 Å². The molecule has 2 N–H and O–H groups in total. The van der Waals surface area contributed by atoms with Crippen LogP contribution in [0.25, 0.3) is 0 Å². The summed E-state index contributed by atoms with van der Waals surface area (Å²) >= 11 is 5.89. The zero-order chi connectivity index (χ0) is 17.2. The van der Waals surface area contributed by atoms with Crippen molar-refractivity contribution in [3.63, 3.8) is 0 Å². The maximum absolute atomic E-state index is 12.0. The minimum Gasteiger partial charge on any atom is -0.481 e. The predicted octanol–water partition coefficient (Wildman–Crippen LogP) is 3.40. The molecule has 0 aliphatic carbocycles. The van der Waals surface area contributed by atoms with Crippen molar-refractivity contribution in [3.05, 3.63) is 38.9 Å². The molecule has 0 aromatic heterocycles. The van der Waals surface area contributed by atoms with Gasteiger partial charge in [-0.15, -0.1) is 0 Å². The first-order chi connectivity index (χ1) is 10.9. The first-order valence-corrected chi connectivity index (χ1v) is 7.73. The first kappa shape index (κ1) is 18.9. The largest absolute Gasteiger partial charge is 0.481 e. The van der Waals surface area contributed by atoms with Crippen LogP contribution in [0.15, 0.2) is 18.2 Å². The standard InChI is InChI=1S/C15H19ClN2O5/c16-13-8-7-11(18(22)23)10-12(13)15(21)17-9-5-3-1-2-4-6-14(19)20/h7-8,10H,1-6,9H2,(H,17,21)(H,19,20). The highest BCUT2D eigenvalue weighted by atomic mass is 35.5. The van der Waals surface area contributed by atoms with E-state index in [0.717, 1.165) is 31.7 Å². The van der Waals surface area contributed by atoms with E-state index in [9.17, 15) is 19.7 Å². The molecule has 126 valence electrons. The van der Waals surface area contributed by atoms with Crippen LogP contribution in [0, 0.1) is 10.1 Å². The Kier molecular flexibility index (Phi) is 8.04. The fourth-order valence-corrected chi connectivity index (χ4v) is 2.23. The molecular weight excluding hydrogens is 324 g/mol. The summed E-state index contributed by atoms with van der Waals surface area (Å²) in [5.74, 6) is -1.23. The Bertz CT molecular complexity index is 577. The van der Waals surface area contributed by atoms with Crippen LogP contribution >= 0.6 is 11.6 Å². The van der Waals surface area contributed by atoms with Crippen LogP contribution in [0.5, 0.6) is 0 Å². The summed E-state index contributed by atoms with van der Waals surface area (Å²) in [4.78, 5) is 32.4. The SMILES string of the molecule is O=C(O)CCCCCCCNC(=O)c1cc([N+](=O)[O-])ccc1Cl. The second-order valence-corrected chi connectivity index (χ2v) is 5.50. The Morgan fingerprint density at radius 1 is 1.17 bits per heavy atom. The normalized spacial score (nSPS) is 10.3. The van der Waals surface area contributed by atoms with Gasteiger partial charge in [-0.2, -0.15) is 0 Å². The van der Waals surface area contributed by atoms with Gasteiger partial charge in [0.25, 0.3) is 11.6 Å². The van der Waals surface area contributed by atoms with Crippen molar-refractivity contribution >= 4 is 29.2 Å². The van der Waals surface area contributed by atoms with Crippen LogP contribution in [0.3, 0.4) is 0 Å². The van der Waals surface area contributed by atoms with Crippen LogP contribution in [-0.4, -0.2) is 28.5 Å². The Hall–Kier alpha value is -2.15. The van der Waals surface area contributed by atoms with Gasteiger partial charge in [0, 0.05) is 25.1 Å². The molecule has 0 aliphatic rings. The maximum atomic E-state index is 12.0. The summed E-state index contributed by atoms with van der Waals surface area (Å²) in [5, 5.41) is 22.1. The Morgan fingerprint density at radius 2 is 1.83 bits per heavy atom. The van der Waals surface area contributed by atoms with E-state index < -0.39 is 16.8 Å². The summed E-state index contributed by atoms with van der Waals surface area (Å²) < 4.78 is 0. The van der Waals surface area contributed by atoms with Crippen LogP contribution in [-0.2, 0) is 4.79 Å². The number of carboxylic acid groups (broad SMARTS) is 1. The van der Waals surface area contributed by atoms with Crippen LogP contribution < -0.4 is 5.32 Å². The third-order valence-corrected chi connectivity index (χ3v) is 3.59. The van der Waals surface area contributed by atoms with E-state index in [2.05, 4.69) is 5.32 Å². The first-order valence-electron chi connectivity index (χ1n) is 7.35. The van der Waals surface area contributed by atoms with Gasteiger partial charge in [-0.1, -0.05) is 30.9 Å². The summed E-state index contributed by atoms with van der Waals surface area (Å²) in [7, 11) is 0. The van der Waals surface area contributed by atoms with Crippen LogP contribution in [0.4, 0.5) is 5.69 Å². The molecule has 0 aliphatic heterocycles. The smallest absolute Gasteiger partial charge is 0.303 e. The van der Waals surface area contributed by atoms with Crippen LogP contribution in [0.1, 0.15) is 48.9 Å². The Balaban J connectivity index is 2.30. The molecule has 0 bridgehead atoms. The molecule has 1 aromatic rings. The minimum atomic E-state index is -0.786. The number of amides is 1. The highest BCUT2D eigenvalue weighted by Gasteiger charge is 2.15. The molecule has 0 radical (unpaired) electrons. The molecule has 0 atom stereocenters. The van der Waals surface area contributed by atoms with E-state index in [0.29, 0.717) is 13.0 Å². The number of carbonyl (C=O) groups excluding carboxylic acids is 1. The molecule has 0 saturated carbocycles. The second-order valence-electron chi connectivity index (χ2n) is 5.09. The Morgan fingerprint density at radius 3 is 2.48 bits per heavy atom. The molecule has 23 heavy (non-hydrogen) atoms. The molecule has 0 unspecified atom stereocenters. The number of rotatable bonds is 10. The third-order valence-electron chi connectivity index (χ3n) is 3.26. The quantitative estimate of drug-likeness (QED) is 0.384. The van der Waals surface area contributed by atoms with E-state index in [-0.39, 0.29) is 22.7 Å². The number of benzene rings is 1. The van der Waals surface area contributed by atoms with Crippen molar-refractivity contribution in [1.82, 2.24) is 5.32 Å². The molecule has 0 fully saturated rings. The molecule has 1 aromatic carbocycles. The van der Waals surface area contributed by atoms with Gasteiger partial charge < -0.3 is 10.4 Å². The highest BCUT2D eigenvalue weighted by molar-refractivity contribution is 6.33. The number of aliphatic carboxylic acids is 1. The number of halogens is 1. The lowest BCUT2D eigenvalue weighted by molar-refractivity contribution is -0.384. The number of nitrogens with one attached hydrogen (secondary N) is 1. The fourth-order valence-electron chi connectivity index (χ4n) is 2.03. The molecule has 8 heteroatoms. The second kappa shape index (κ2) is 9.78. The number of non-ortho nitro benzene ring substituents is 1. The number of carbonyl (C=O) groups is 2. The van der Waals surface area contributed by atoms with Crippen molar-refractivity contribution in [3.8, 4) is 0 Å².